The van der Waals surface area contributed by atoms with Gasteiger partial charge in [-0.1, -0.05) is 61.4 Å². The molecule has 1 aliphatic rings. The summed E-state index contributed by atoms with van der Waals surface area (Å²) in [5.41, 5.74) is 2.37. The van der Waals surface area contributed by atoms with E-state index in [2.05, 4.69) is 0 Å². The summed E-state index contributed by atoms with van der Waals surface area (Å²) in [6, 6.07) is 14.0. The number of likely N-dealkylation sites (tertiary alicyclic amines) is 1. The van der Waals surface area contributed by atoms with Crippen LogP contribution in [-0.4, -0.2) is 34.3 Å². The van der Waals surface area contributed by atoms with Gasteiger partial charge in [0.05, 0.1) is 17.7 Å². The first-order chi connectivity index (χ1) is 14.3. The predicted octanol–water partition coefficient (Wildman–Crippen LogP) is 5.00. The number of aliphatic hydroxyl groups is 1. The molecule has 158 valence electrons. The lowest BCUT2D eigenvalue weighted by atomic mass is 9.94. The second-order valence-corrected chi connectivity index (χ2v) is 7.92. The van der Waals surface area contributed by atoms with Gasteiger partial charge in [-0.25, -0.2) is 0 Å². The van der Waals surface area contributed by atoms with Crippen molar-refractivity contribution in [3.05, 3.63) is 70.8 Å². The van der Waals surface area contributed by atoms with Crippen molar-refractivity contribution in [3.8, 4) is 5.75 Å². The molecule has 1 amide bonds. The molecule has 0 bridgehead atoms. The second-order valence-electron chi connectivity index (χ2n) is 7.92. The lowest BCUT2D eigenvalue weighted by molar-refractivity contribution is -0.139. The number of nitrogens with zero attached hydrogens (tertiary/aromatic N) is 1. The minimum Gasteiger partial charge on any atom is -0.507 e. The Morgan fingerprint density at radius 3 is 2.40 bits per heavy atom. The van der Waals surface area contributed by atoms with Gasteiger partial charge in [-0.15, -0.1) is 0 Å². The number of ether oxygens (including phenoxy) is 1. The highest BCUT2D eigenvalue weighted by atomic mass is 16.5. The fraction of sp³-hybridized carbons (Fsp3) is 0.360. The van der Waals surface area contributed by atoms with Gasteiger partial charge in [-0.3, -0.25) is 9.59 Å². The lowest BCUT2D eigenvalue weighted by Gasteiger charge is -2.27. The van der Waals surface area contributed by atoms with E-state index in [1.807, 2.05) is 64.1 Å². The molecule has 1 saturated heterocycles. The molecule has 3 rings (SSSR count). The molecule has 1 heterocycles. The number of carbonyl (C=O) groups excluding carboxylic acids is 2. The Labute approximate surface area is 178 Å². The number of Topliss-reactive ketones (excluding diaryl/α,β-unsaturated/α-hetero) is 1. The zero-order valence-electron chi connectivity index (χ0n) is 18.0. The molecule has 1 fully saturated rings. The molecular formula is C25H29NO4. The monoisotopic (exact) mass is 407 g/mol. The maximum absolute atomic E-state index is 13.0. The molecule has 5 heteroatoms. The van der Waals surface area contributed by atoms with Gasteiger partial charge in [0.25, 0.3) is 11.7 Å². The first kappa shape index (κ1) is 21.6. The summed E-state index contributed by atoms with van der Waals surface area (Å²) >= 11 is 0. The number of hydrogen-bond donors (Lipinski definition) is 1. The van der Waals surface area contributed by atoms with Crippen molar-refractivity contribution < 1.29 is 19.4 Å². The van der Waals surface area contributed by atoms with Crippen LogP contribution in [0.4, 0.5) is 0 Å². The van der Waals surface area contributed by atoms with Crippen LogP contribution in [0, 0.1) is 6.92 Å². The van der Waals surface area contributed by atoms with E-state index in [0.29, 0.717) is 23.4 Å². The third kappa shape index (κ3) is 4.25. The van der Waals surface area contributed by atoms with Crippen LogP contribution < -0.4 is 4.74 Å². The molecule has 2 aromatic rings. The molecule has 0 aromatic heterocycles. The van der Waals surface area contributed by atoms with Gasteiger partial charge in [0.1, 0.15) is 11.5 Å². The highest BCUT2D eigenvalue weighted by molar-refractivity contribution is 6.46. The number of amides is 1. The van der Waals surface area contributed by atoms with Gasteiger partial charge >= 0.3 is 0 Å². The first-order valence-corrected chi connectivity index (χ1v) is 10.5. The molecular weight excluding hydrogens is 378 g/mol. The van der Waals surface area contributed by atoms with Crippen LogP contribution in [0.25, 0.3) is 5.76 Å². The van der Waals surface area contributed by atoms with Gasteiger partial charge in [-0.05, 0) is 33.3 Å². The van der Waals surface area contributed by atoms with E-state index in [1.54, 1.807) is 17.0 Å². The SMILES string of the molecule is CCCCN1C(=O)C(=O)/C(=C(\O)c2ccc(C)cc2)C1c1ccccc1OC(C)C. The summed E-state index contributed by atoms with van der Waals surface area (Å²) in [5, 5.41) is 11.1. The van der Waals surface area contributed by atoms with Gasteiger partial charge in [0, 0.05) is 17.7 Å². The van der Waals surface area contributed by atoms with Crippen molar-refractivity contribution in [1.29, 1.82) is 0 Å². The zero-order chi connectivity index (χ0) is 21.8. The Morgan fingerprint density at radius 2 is 1.77 bits per heavy atom. The van der Waals surface area contributed by atoms with Crippen LogP contribution in [0.5, 0.6) is 5.75 Å². The Bertz CT molecular complexity index is 959. The van der Waals surface area contributed by atoms with Crippen LogP contribution in [0.1, 0.15) is 56.3 Å². The third-order valence-corrected chi connectivity index (χ3v) is 5.19. The van der Waals surface area contributed by atoms with Crippen molar-refractivity contribution in [2.45, 2.75) is 52.7 Å². The highest BCUT2D eigenvalue weighted by Gasteiger charge is 2.46. The van der Waals surface area contributed by atoms with Crippen LogP contribution in [0.2, 0.25) is 0 Å². The van der Waals surface area contributed by atoms with Crippen LogP contribution in [0.3, 0.4) is 0 Å². The van der Waals surface area contributed by atoms with E-state index in [9.17, 15) is 14.7 Å². The summed E-state index contributed by atoms with van der Waals surface area (Å²) in [6.07, 6.45) is 1.58. The van der Waals surface area contributed by atoms with E-state index in [0.717, 1.165) is 18.4 Å². The van der Waals surface area contributed by atoms with Crippen molar-refractivity contribution in [2.75, 3.05) is 6.54 Å². The van der Waals surface area contributed by atoms with Crippen LogP contribution >= 0.6 is 0 Å². The average Bonchev–Trinajstić information content (AvgIpc) is 2.97. The number of carbonyl (C=O) groups is 2. The Balaban J connectivity index is 2.19. The van der Waals surface area contributed by atoms with Crippen molar-refractivity contribution >= 4 is 17.4 Å². The third-order valence-electron chi connectivity index (χ3n) is 5.19. The normalized spacial score (nSPS) is 18.3. The molecule has 1 atom stereocenters. The molecule has 30 heavy (non-hydrogen) atoms. The van der Waals surface area contributed by atoms with E-state index < -0.39 is 17.7 Å². The minimum absolute atomic E-state index is 0.0684. The molecule has 5 nitrogen and oxygen atoms in total. The number of para-hydroxylation sites is 1. The second kappa shape index (κ2) is 9.16. The van der Waals surface area contributed by atoms with Crippen LogP contribution in [0.15, 0.2) is 54.1 Å². The summed E-state index contributed by atoms with van der Waals surface area (Å²) in [5.74, 6) is -0.789. The standard InChI is InChI=1S/C25H29NO4/c1-5-6-15-26-22(19-9-7-8-10-20(19)30-16(2)3)21(24(28)25(26)29)23(27)18-13-11-17(4)12-14-18/h7-14,16,22,27H,5-6,15H2,1-4H3/b23-21-. The fourth-order valence-corrected chi connectivity index (χ4v) is 3.70. The Morgan fingerprint density at radius 1 is 1.10 bits per heavy atom. The van der Waals surface area contributed by atoms with Crippen molar-refractivity contribution in [1.82, 2.24) is 4.90 Å². The fourth-order valence-electron chi connectivity index (χ4n) is 3.70. The number of aliphatic hydroxyl groups excluding tert-OH is 1. The predicted molar refractivity (Wildman–Crippen MR) is 117 cm³/mol. The van der Waals surface area contributed by atoms with Gasteiger partial charge < -0.3 is 14.7 Å². The Kier molecular flexibility index (Phi) is 6.60. The molecule has 0 saturated carbocycles. The first-order valence-electron chi connectivity index (χ1n) is 10.5. The molecule has 2 aromatic carbocycles. The minimum atomic E-state index is -0.687. The van der Waals surface area contributed by atoms with E-state index in [4.69, 9.17) is 4.74 Å². The average molecular weight is 408 g/mol. The van der Waals surface area contributed by atoms with Crippen molar-refractivity contribution in [3.63, 3.8) is 0 Å². The van der Waals surface area contributed by atoms with Crippen LogP contribution in [-0.2, 0) is 9.59 Å². The maximum Gasteiger partial charge on any atom is 0.295 e. The number of hydrogen-bond acceptors (Lipinski definition) is 4. The van der Waals surface area contributed by atoms with E-state index in [1.165, 1.54) is 0 Å². The van der Waals surface area contributed by atoms with E-state index in [-0.39, 0.29) is 17.4 Å². The maximum atomic E-state index is 13.0. The summed E-state index contributed by atoms with van der Waals surface area (Å²) in [7, 11) is 0. The molecule has 1 aliphatic heterocycles. The van der Waals surface area contributed by atoms with Gasteiger partial charge in [0.2, 0.25) is 0 Å². The molecule has 1 N–H and O–H groups in total. The molecule has 0 spiro atoms. The quantitative estimate of drug-likeness (QED) is 0.398. The Hall–Kier alpha value is -3.08. The number of unbranched alkanes of at least 4 members (excludes halogenated alkanes) is 1. The zero-order valence-corrected chi connectivity index (χ0v) is 18.0. The molecule has 0 aliphatic carbocycles. The highest BCUT2D eigenvalue weighted by Crippen LogP contribution is 2.43. The molecule has 0 radical (unpaired) electrons. The topological polar surface area (TPSA) is 66.8 Å². The largest absolute Gasteiger partial charge is 0.507 e. The summed E-state index contributed by atoms with van der Waals surface area (Å²) in [6.45, 7) is 8.28. The van der Waals surface area contributed by atoms with Gasteiger partial charge in [-0.2, -0.15) is 0 Å². The smallest absolute Gasteiger partial charge is 0.295 e. The number of ketones is 1. The number of rotatable bonds is 7. The van der Waals surface area contributed by atoms with E-state index >= 15 is 0 Å². The number of aryl methyl sites for hydroxylation is 1. The number of benzene rings is 2. The molecule has 1 unspecified atom stereocenters. The lowest BCUT2D eigenvalue weighted by Crippen LogP contribution is -2.31. The summed E-state index contributed by atoms with van der Waals surface area (Å²) in [4.78, 5) is 27.5. The summed E-state index contributed by atoms with van der Waals surface area (Å²) < 4.78 is 5.98. The van der Waals surface area contributed by atoms with Gasteiger partial charge in [0.15, 0.2) is 0 Å². The van der Waals surface area contributed by atoms with Crippen molar-refractivity contribution in [2.24, 2.45) is 0 Å².